The fraction of sp³-hybridized carbons (Fsp3) is 0.400. The first-order valence-corrected chi connectivity index (χ1v) is 10.9. The maximum atomic E-state index is 12.9. The summed E-state index contributed by atoms with van der Waals surface area (Å²) in [6, 6.07) is 16.0. The number of nitrogens with one attached hydrogen (secondary N) is 1. The highest BCUT2D eigenvalue weighted by molar-refractivity contribution is 7.88. The molecule has 0 bridgehead atoms. The van der Waals surface area contributed by atoms with Crippen molar-refractivity contribution in [3.63, 3.8) is 0 Å². The standard InChI is InChI=1S/C20H26FN3O2S/c21-19-9-7-18(8-10-19)17-27(25,26)22-11-4-12-23-13-15-24(16-14-23)20-5-2-1-3-6-20/h1-3,5-10,22H,4,11-17H2. The van der Waals surface area contributed by atoms with Crippen molar-refractivity contribution in [2.75, 3.05) is 44.2 Å². The lowest BCUT2D eigenvalue weighted by atomic mass is 10.2. The van der Waals surface area contributed by atoms with Crippen LogP contribution >= 0.6 is 0 Å². The first-order valence-electron chi connectivity index (χ1n) is 9.26. The fourth-order valence-corrected chi connectivity index (χ4v) is 4.44. The van der Waals surface area contributed by atoms with Crippen LogP contribution in [-0.2, 0) is 15.8 Å². The number of hydrogen-bond acceptors (Lipinski definition) is 4. The zero-order valence-corrected chi connectivity index (χ0v) is 16.2. The Hall–Kier alpha value is -1.96. The summed E-state index contributed by atoms with van der Waals surface area (Å²) in [5.74, 6) is -0.486. The van der Waals surface area contributed by atoms with Crippen molar-refractivity contribution >= 4 is 15.7 Å². The average Bonchev–Trinajstić information content (AvgIpc) is 2.68. The predicted octanol–water partition coefficient (Wildman–Crippen LogP) is 2.46. The Morgan fingerprint density at radius 3 is 2.26 bits per heavy atom. The van der Waals surface area contributed by atoms with Gasteiger partial charge in [0.1, 0.15) is 5.82 Å². The van der Waals surface area contributed by atoms with Crippen LogP contribution in [0.3, 0.4) is 0 Å². The lowest BCUT2D eigenvalue weighted by molar-refractivity contribution is 0.255. The van der Waals surface area contributed by atoms with Crippen molar-refractivity contribution in [3.05, 3.63) is 66.0 Å². The Labute approximate surface area is 160 Å². The monoisotopic (exact) mass is 391 g/mol. The summed E-state index contributed by atoms with van der Waals surface area (Å²) >= 11 is 0. The van der Waals surface area contributed by atoms with Gasteiger partial charge in [0.2, 0.25) is 10.0 Å². The van der Waals surface area contributed by atoms with Gasteiger partial charge in [-0.15, -0.1) is 0 Å². The van der Waals surface area contributed by atoms with E-state index in [0.717, 1.165) is 39.1 Å². The van der Waals surface area contributed by atoms with Crippen LogP contribution in [0.15, 0.2) is 54.6 Å². The van der Waals surface area contributed by atoms with E-state index in [-0.39, 0.29) is 11.6 Å². The minimum atomic E-state index is -3.39. The topological polar surface area (TPSA) is 52.7 Å². The first kappa shape index (κ1) is 19.8. The van der Waals surface area contributed by atoms with E-state index in [1.807, 2.05) is 6.07 Å². The van der Waals surface area contributed by atoms with Gasteiger partial charge in [-0.05, 0) is 42.8 Å². The quantitative estimate of drug-likeness (QED) is 0.703. The van der Waals surface area contributed by atoms with E-state index in [1.165, 1.54) is 30.0 Å². The van der Waals surface area contributed by atoms with Gasteiger partial charge in [0.05, 0.1) is 5.75 Å². The van der Waals surface area contributed by atoms with E-state index in [2.05, 4.69) is 38.8 Å². The summed E-state index contributed by atoms with van der Waals surface area (Å²) in [7, 11) is -3.39. The summed E-state index contributed by atoms with van der Waals surface area (Å²) < 4.78 is 39.8. The Morgan fingerprint density at radius 2 is 1.59 bits per heavy atom. The maximum Gasteiger partial charge on any atom is 0.215 e. The highest BCUT2D eigenvalue weighted by Crippen LogP contribution is 2.15. The third-order valence-corrected chi connectivity index (χ3v) is 6.09. The normalized spacial score (nSPS) is 15.8. The number of piperazine rings is 1. The van der Waals surface area contributed by atoms with E-state index in [0.29, 0.717) is 12.1 Å². The Morgan fingerprint density at radius 1 is 0.926 bits per heavy atom. The van der Waals surface area contributed by atoms with Gasteiger partial charge in [-0.3, -0.25) is 4.90 Å². The predicted molar refractivity (Wildman–Crippen MR) is 107 cm³/mol. The minimum absolute atomic E-state index is 0.122. The van der Waals surface area contributed by atoms with Gasteiger partial charge >= 0.3 is 0 Å². The number of halogens is 1. The molecule has 0 saturated carbocycles. The maximum absolute atomic E-state index is 12.9. The largest absolute Gasteiger partial charge is 0.369 e. The Balaban J connectivity index is 1.35. The third kappa shape index (κ3) is 6.30. The molecule has 0 amide bonds. The van der Waals surface area contributed by atoms with Crippen molar-refractivity contribution in [2.45, 2.75) is 12.2 Å². The van der Waals surface area contributed by atoms with Crippen molar-refractivity contribution in [1.29, 1.82) is 0 Å². The van der Waals surface area contributed by atoms with Gasteiger partial charge in [-0.1, -0.05) is 30.3 Å². The number of anilines is 1. The second-order valence-corrected chi connectivity index (χ2v) is 8.60. The van der Waals surface area contributed by atoms with Crippen molar-refractivity contribution < 1.29 is 12.8 Å². The number of nitrogens with zero attached hydrogens (tertiary/aromatic N) is 2. The molecular weight excluding hydrogens is 365 g/mol. The van der Waals surface area contributed by atoms with Gasteiger partial charge in [-0.25, -0.2) is 17.5 Å². The Kier molecular flexibility index (Phi) is 6.82. The number of sulfonamides is 1. The molecule has 146 valence electrons. The number of rotatable bonds is 8. The molecule has 2 aromatic carbocycles. The smallest absolute Gasteiger partial charge is 0.215 e. The lowest BCUT2D eigenvalue weighted by Crippen LogP contribution is -2.47. The van der Waals surface area contributed by atoms with E-state index in [1.54, 1.807) is 0 Å². The van der Waals surface area contributed by atoms with Gasteiger partial charge < -0.3 is 4.90 Å². The zero-order valence-electron chi connectivity index (χ0n) is 15.4. The molecule has 1 saturated heterocycles. The molecule has 0 unspecified atom stereocenters. The minimum Gasteiger partial charge on any atom is -0.369 e. The second kappa shape index (κ2) is 9.30. The molecule has 0 atom stereocenters. The van der Waals surface area contributed by atoms with Crippen LogP contribution in [0.4, 0.5) is 10.1 Å². The molecule has 1 aliphatic heterocycles. The van der Waals surface area contributed by atoms with E-state index >= 15 is 0 Å². The molecule has 5 nitrogen and oxygen atoms in total. The van der Waals surface area contributed by atoms with Crippen LogP contribution < -0.4 is 9.62 Å². The molecule has 0 aromatic heterocycles. The molecule has 1 N–H and O–H groups in total. The molecule has 2 aromatic rings. The lowest BCUT2D eigenvalue weighted by Gasteiger charge is -2.36. The van der Waals surface area contributed by atoms with Crippen LogP contribution in [0.2, 0.25) is 0 Å². The van der Waals surface area contributed by atoms with Gasteiger partial charge in [-0.2, -0.15) is 0 Å². The summed E-state index contributed by atoms with van der Waals surface area (Å²) in [4.78, 5) is 4.75. The average molecular weight is 392 g/mol. The summed E-state index contributed by atoms with van der Waals surface area (Å²) in [5.41, 5.74) is 1.84. The van der Waals surface area contributed by atoms with Gasteiger partial charge in [0.25, 0.3) is 0 Å². The van der Waals surface area contributed by atoms with E-state index < -0.39 is 10.0 Å². The molecule has 0 aliphatic carbocycles. The summed E-state index contributed by atoms with van der Waals surface area (Å²) in [6.07, 6.45) is 0.772. The second-order valence-electron chi connectivity index (χ2n) is 6.80. The van der Waals surface area contributed by atoms with Crippen LogP contribution in [0.25, 0.3) is 0 Å². The van der Waals surface area contributed by atoms with Gasteiger partial charge in [0, 0.05) is 38.4 Å². The molecule has 3 rings (SSSR count). The summed E-state index contributed by atoms with van der Waals surface area (Å²) in [6.45, 7) is 5.24. The Bertz CT molecular complexity index is 805. The number of para-hydroxylation sites is 1. The van der Waals surface area contributed by atoms with Crippen molar-refractivity contribution in [2.24, 2.45) is 0 Å². The highest BCUT2D eigenvalue weighted by Gasteiger charge is 2.17. The molecule has 0 radical (unpaired) electrons. The van der Waals surface area contributed by atoms with Crippen LogP contribution in [0.5, 0.6) is 0 Å². The van der Waals surface area contributed by atoms with Gasteiger partial charge in [0.15, 0.2) is 0 Å². The molecule has 7 heteroatoms. The van der Waals surface area contributed by atoms with Crippen LogP contribution in [0, 0.1) is 5.82 Å². The van der Waals surface area contributed by atoms with Crippen molar-refractivity contribution in [1.82, 2.24) is 9.62 Å². The zero-order chi connectivity index (χ0) is 19.1. The molecule has 27 heavy (non-hydrogen) atoms. The first-order chi connectivity index (χ1) is 13.0. The van der Waals surface area contributed by atoms with Crippen molar-refractivity contribution in [3.8, 4) is 0 Å². The molecule has 1 aliphatic rings. The van der Waals surface area contributed by atoms with E-state index in [4.69, 9.17) is 0 Å². The molecule has 1 fully saturated rings. The SMILES string of the molecule is O=S(=O)(Cc1ccc(F)cc1)NCCCN1CCN(c2ccccc2)CC1. The highest BCUT2D eigenvalue weighted by atomic mass is 32.2. The molecular formula is C20H26FN3O2S. The third-order valence-electron chi connectivity index (χ3n) is 4.74. The fourth-order valence-electron chi connectivity index (χ4n) is 3.25. The number of hydrogen-bond donors (Lipinski definition) is 1. The van der Waals surface area contributed by atoms with Crippen LogP contribution in [0.1, 0.15) is 12.0 Å². The molecule has 0 spiro atoms. The van der Waals surface area contributed by atoms with E-state index in [9.17, 15) is 12.8 Å². The summed E-state index contributed by atoms with van der Waals surface area (Å²) in [5, 5.41) is 0. The molecule has 1 heterocycles. The van der Waals surface area contributed by atoms with Crippen LogP contribution in [-0.4, -0.2) is 52.6 Å². The number of benzene rings is 2.